The predicted molar refractivity (Wildman–Crippen MR) is 72.9 cm³/mol. The number of hydrogen-bond acceptors (Lipinski definition) is 2. The molecule has 1 saturated heterocycles. The van der Waals surface area contributed by atoms with Gasteiger partial charge in [0.15, 0.2) is 11.6 Å². The number of halogens is 2. The van der Waals surface area contributed by atoms with Gasteiger partial charge in [0.05, 0.1) is 6.54 Å². The van der Waals surface area contributed by atoms with Crippen LogP contribution in [0.25, 0.3) is 0 Å². The first-order chi connectivity index (χ1) is 9.58. The Kier molecular flexibility index (Phi) is 4.70. The van der Waals surface area contributed by atoms with E-state index in [4.69, 9.17) is 0 Å². The molecule has 0 bridgehead atoms. The molecule has 1 aromatic carbocycles. The van der Waals surface area contributed by atoms with Crippen molar-refractivity contribution in [3.8, 4) is 0 Å². The van der Waals surface area contributed by atoms with E-state index in [9.17, 15) is 13.6 Å². The molecule has 1 aromatic rings. The molecule has 1 N–H and O–H groups in total. The van der Waals surface area contributed by atoms with Gasteiger partial charge in [-0.05, 0) is 30.5 Å². The minimum Gasteiger partial charge on any atom is -0.319 e. The molecule has 110 valence electrons. The maximum Gasteiger partial charge on any atom is 0.238 e. The monoisotopic (exact) mass is 282 g/mol. The van der Waals surface area contributed by atoms with Gasteiger partial charge >= 0.3 is 0 Å². The smallest absolute Gasteiger partial charge is 0.238 e. The van der Waals surface area contributed by atoms with Crippen molar-refractivity contribution in [1.29, 1.82) is 0 Å². The van der Waals surface area contributed by atoms with Crippen LogP contribution in [0, 0.1) is 11.6 Å². The van der Waals surface area contributed by atoms with E-state index in [1.165, 1.54) is 6.07 Å². The number of amides is 1. The fourth-order valence-electron chi connectivity index (χ4n) is 2.77. The Hall–Kier alpha value is -1.49. The number of carbonyl (C=O) groups is 1. The van der Waals surface area contributed by atoms with E-state index in [1.807, 2.05) is 6.92 Å². The van der Waals surface area contributed by atoms with Crippen LogP contribution < -0.4 is 5.32 Å². The molecule has 1 aliphatic heterocycles. The average molecular weight is 282 g/mol. The lowest BCUT2D eigenvalue weighted by Gasteiger charge is -2.32. The molecule has 1 fully saturated rings. The van der Waals surface area contributed by atoms with Crippen molar-refractivity contribution in [2.24, 2.45) is 0 Å². The molecule has 0 aliphatic carbocycles. The molecule has 2 unspecified atom stereocenters. The molecule has 5 heteroatoms. The summed E-state index contributed by atoms with van der Waals surface area (Å²) in [6, 6.07) is 3.92. The largest absolute Gasteiger partial charge is 0.319 e. The lowest BCUT2D eigenvalue weighted by atomic mass is 10.0. The van der Waals surface area contributed by atoms with Gasteiger partial charge in [-0.2, -0.15) is 0 Å². The number of carbonyl (C=O) groups excluding carboxylic acids is 1. The maximum atomic E-state index is 13.4. The van der Waals surface area contributed by atoms with Crippen LogP contribution in [0.3, 0.4) is 0 Å². The van der Waals surface area contributed by atoms with Crippen LogP contribution in [0.1, 0.15) is 44.8 Å². The molecule has 1 amide bonds. The number of benzene rings is 1. The molecule has 1 aliphatic rings. The summed E-state index contributed by atoms with van der Waals surface area (Å²) in [5, 5.41) is 3.08. The number of nitrogens with one attached hydrogen (secondary N) is 1. The highest BCUT2D eigenvalue weighted by Crippen LogP contribution is 2.28. The summed E-state index contributed by atoms with van der Waals surface area (Å²) < 4.78 is 26.4. The van der Waals surface area contributed by atoms with Gasteiger partial charge in [0.25, 0.3) is 0 Å². The third-order valence-electron chi connectivity index (χ3n) is 3.76. The Morgan fingerprint density at radius 3 is 2.70 bits per heavy atom. The molecular weight excluding hydrogens is 262 g/mol. The van der Waals surface area contributed by atoms with Crippen LogP contribution in [0.5, 0.6) is 0 Å². The minimum absolute atomic E-state index is 0.0139. The summed E-state index contributed by atoms with van der Waals surface area (Å²) in [5.41, 5.74) is 0.587. The molecule has 2 rings (SSSR count). The Morgan fingerprint density at radius 2 is 2.10 bits per heavy atom. The van der Waals surface area contributed by atoms with Crippen molar-refractivity contribution in [3.05, 3.63) is 35.4 Å². The molecule has 2 atom stereocenters. The zero-order valence-corrected chi connectivity index (χ0v) is 11.8. The molecule has 0 saturated carbocycles. The summed E-state index contributed by atoms with van der Waals surface area (Å²) in [4.78, 5) is 13.9. The van der Waals surface area contributed by atoms with E-state index >= 15 is 0 Å². The SMILES string of the molecule is CCCC(CC)N1C(=O)CNC1c1ccc(F)c(F)c1. The van der Waals surface area contributed by atoms with Gasteiger partial charge < -0.3 is 4.90 Å². The predicted octanol–water partition coefficient (Wildman–Crippen LogP) is 2.97. The Balaban J connectivity index is 2.29. The lowest BCUT2D eigenvalue weighted by molar-refractivity contribution is -0.130. The van der Waals surface area contributed by atoms with Crippen LogP contribution in [0.4, 0.5) is 8.78 Å². The van der Waals surface area contributed by atoms with Crippen LogP contribution in [0.15, 0.2) is 18.2 Å². The van der Waals surface area contributed by atoms with Gasteiger partial charge in [-0.3, -0.25) is 10.1 Å². The van der Waals surface area contributed by atoms with E-state index < -0.39 is 11.6 Å². The second-order valence-electron chi connectivity index (χ2n) is 5.11. The number of nitrogens with zero attached hydrogens (tertiary/aromatic N) is 1. The van der Waals surface area contributed by atoms with Crippen molar-refractivity contribution in [3.63, 3.8) is 0 Å². The first-order valence-electron chi connectivity index (χ1n) is 7.08. The van der Waals surface area contributed by atoms with Crippen LogP contribution >= 0.6 is 0 Å². The third-order valence-corrected chi connectivity index (χ3v) is 3.76. The van der Waals surface area contributed by atoms with Crippen molar-refractivity contribution >= 4 is 5.91 Å². The first-order valence-corrected chi connectivity index (χ1v) is 7.08. The second-order valence-corrected chi connectivity index (χ2v) is 5.11. The lowest BCUT2D eigenvalue weighted by Crippen LogP contribution is -2.39. The first kappa shape index (κ1) is 14.9. The molecule has 0 radical (unpaired) electrons. The molecular formula is C15H20F2N2O. The summed E-state index contributed by atoms with van der Waals surface area (Å²) in [6.07, 6.45) is 2.37. The van der Waals surface area contributed by atoms with Gasteiger partial charge in [0.1, 0.15) is 6.17 Å². The van der Waals surface area contributed by atoms with Gasteiger partial charge in [-0.15, -0.1) is 0 Å². The fourth-order valence-corrected chi connectivity index (χ4v) is 2.77. The molecule has 0 spiro atoms. The standard InChI is InChI=1S/C15H20F2N2O/c1-3-5-11(4-2)19-14(20)9-18-15(19)10-6-7-12(16)13(17)8-10/h6-8,11,15,18H,3-5,9H2,1-2H3. The minimum atomic E-state index is -0.882. The molecule has 0 aromatic heterocycles. The van der Waals surface area contributed by atoms with Gasteiger partial charge in [-0.1, -0.05) is 26.3 Å². The van der Waals surface area contributed by atoms with Gasteiger partial charge in [-0.25, -0.2) is 8.78 Å². The van der Waals surface area contributed by atoms with E-state index in [0.29, 0.717) is 5.56 Å². The van der Waals surface area contributed by atoms with E-state index in [2.05, 4.69) is 12.2 Å². The highest BCUT2D eigenvalue weighted by atomic mass is 19.2. The zero-order valence-electron chi connectivity index (χ0n) is 11.8. The summed E-state index contributed by atoms with van der Waals surface area (Å²) in [7, 11) is 0. The zero-order chi connectivity index (χ0) is 14.7. The second kappa shape index (κ2) is 6.31. The Bertz CT molecular complexity index is 493. The highest BCUT2D eigenvalue weighted by Gasteiger charge is 2.35. The van der Waals surface area contributed by atoms with Crippen LogP contribution in [0.2, 0.25) is 0 Å². The molecule has 3 nitrogen and oxygen atoms in total. The topological polar surface area (TPSA) is 32.3 Å². The van der Waals surface area contributed by atoms with E-state index in [1.54, 1.807) is 4.90 Å². The van der Waals surface area contributed by atoms with Crippen molar-refractivity contribution in [2.45, 2.75) is 45.3 Å². The summed E-state index contributed by atoms with van der Waals surface area (Å²) in [5.74, 6) is -1.74. The quantitative estimate of drug-likeness (QED) is 0.900. The van der Waals surface area contributed by atoms with Gasteiger partial charge in [0.2, 0.25) is 5.91 Å². The average Bonchev–Trinajstić information content (AvgIpc) is 2.81. The summed E-state index contributed by atoms with van der Waals surface area (Å²) >= 11 is 0. The van der Waals surface area contributed by atoms with E-state index in [0.717, 1.165) is 31.4 Å². The Labute approximate surface area is 118 Å². The van der Waals surface area contributed by atoms with Crippen LogP contribution in [-0.2, 0) is 4.79 Å². The van der Waals surface area contributed by atoms with Crippen molar-refractivity contribution in [1.82, 2.24) is 10.2 Å². The van der Waals surface area contributed by atoms with E-state index in [-0.39, 0.29) is 24.7 Å². The van der Waals surface area contributed by atoms with Gasteiger partial charge in [0, 0.05) is 6.04 Å². The third kappa shape index (κ3) is 2.82. The van der Waals surface area contributed by atoms with Crippen molar-refractivity contribution in [2.75, 3.05) is 6.54 Å². The number of hydrogen-bond donors (Lipinski definition) is 1. The molecule has 20 heavy (non-hydrogen) atoms. The molecule has 1 heterocycles. The Morgan fingerprint density at radius 1 is 1.35 bits per heavy atom. The van der Waals surface area contributed by atoms with Crippen LogP contribution in [-0.4, -0.2) is 23.4 Å². The fraction of sp³-hybridized carbons (Fsp3) is 0.533. The summed E-state index contributed by atoms with van der Waals surface area (Å²) in [6.45, 7) is 4.35. The highest BCUT2D eigenvalue weighted by molar-refractivity contribution is 5.81. The van der Waals surface area contributed by atoms with Crippen molar-refractivity contribution < 1.29 is 13.6 Å². The normalized spacial score (nSPS) is 20.5. The number of rotatable bonds is 5. The maximum absolute atomic E-state index is 13.4.